The lowest BCUT2D eigenvalue weighted by molar-refractivity contribution is -0.166. The van der Waals surface area contributed by atoms with E-state index in [-0.39, 0.29) is 6.61 Å². The summed E-state index contributed by atoms with van der Waals surface area (Å²) in [6.45, 7) is 4.75. The second kappa shape index (κ2) is 10.0. The van der Waals surface area contributed by atoms with E-state index in [4.69, 9.17) is 14.2 Å². The first-order valence-electron chi connectivity index (χ1n) is 8.60. The highest BCUT2D eigenvalue weighted by Gasteiger charge is 2.36. The van der Waals surface area contributed by atoms with Crippen LogP contribution in [0.4, 0.5) is 9.18 Å². The molecule has 1 aromatic carbocycles. The standard InChI is InChI=1S/C19H26FNO7/c1-18(2,3)28-17(25)21-9-15(23)27-12-19(4,11-22)16(24)26-10-13-5-7-14(20)8-6-13/h5-8,22H,9-12H2,1-4H3,(H,21,25). The fourth-order valence-electron chi connectivity index (χ4n) is 1.82. The van der Waals surface area contributed by atoms with Gasteiger partial charge in [-0.1, -0.05) is 12.1 Å². The van der Waals surface area contributed by atoms with Crippen molar-refractivity contribution in [3.63, 3.8) is 0 Å². The average Bonchev–Trinajstić information content (AvgIpc) is 2.62. The summed E-state index contributed by atoms with van der Waals surface area (Å²) in [5.74, 6) is -2.01. The SMILES string of the molecule is CC(C)(C)OC(=O)NCC(=O)OCC(C)(CO)C(=O)OCc1ccc(F)cc1. The number of aliphatic hydroxyl groups is 1. The summed E-state index contributed by atoms with van der Waals surface area (Å²) in [5, 5.41) is 11.7. The van der Waals surface area contributed by atoms with Gasteiger partial charge < -0.3 is 24.6 Å². The minimum absolute atomic E-state index is 0.122. The minimum Gasteiger partial charge on any atom is -0.463 e. The maximum atomic E-state index is 12.9. The molecule has 1 unspecified atom stereocenters. The van der Waals surface area contributed by atoms with E-state index < -0.39 is 54.6 Å². The van der Waals surface area contributed by atoms with Crippen LogP contribution in [0.25, 0.3) is 0 Å². The lowest BCUT2D eigenvalue weighted by Gasteiger charge is -2.24. The lowest BCUT2D eigenvalue weighted by atomic mass is 9.93. The number of benzene rings is 1. The zero-order valence-electron chi connectivity index (χ0n) is 16.4. The summed E-state index contributed by atoms with van der Waals surface area (Å²) >= 11 is 0. The molecule has 0 radical (unpaired) electrons. The van der Waals surface area contributed by atoms with Crippen LogP contribution in [0.2, 0.25) is 0 Å². The van der Waals surface area contributed by atoms with Crippen molar-refractivity contribution in [3.8, 4) is 0 Å². The molecule has 9 heteroatoms. The number of halogens is 1. The van der Waals surface area contributed by atoms with Crippen LogP contribution in [-0.2, 0) is 30.4 Å². The number of hydrogen-bond acceptors (Lipinski definition) is 7. The number of hydrogen-bond donors (Lipinski definition) is 2. The average molecular weight is 399 g/mol. The highest BCUT2D eigenvalue weighted by molar-refractivity contribution is 5.79. The van der Waals surface area contributed by atoms with Crippen LogP contribution in [0, 0.1) is 11.2 Å². The highest BCUT2D eigenvalue weighted by atomic mass is 19.1. The Labute approximate surface area is 163 Å². The van der Waals surface area contributed by atoms with E-state index in [1.807, 2.05) is 0 Å². The lowest BCUT2D eigenvalue weighted by Crippen LogP contribution is -2.41. The van der Waals surface area contributed by atoms with Crippen molar-refractivity contribution < 1.29 is 38.1 Å². The molecule has 0 aliphatic rings. The molecule has 156 valence electrons. The monoisotopic (exact) mass is 399 g/mol. The van der Waals surface area contributed by atoms with Gasteiger partial charge in [-0.2, -0.15) is 0 Å². The van der Waals surface area contributed by atoms with Crippen LogP contribution >= 0.6 is 0 Å². The van der Waals surface area contributed by atoms with Gasteiger partial charge in [-0.05, 0) is 45.4 Å². The Morgan fingerprint density at radius 2 is 1.68 bits per heavy atom. The van der Waals surface area contributed by atoms with Crippen LogP contribution in [0.1, 0.15) is 33.3 Å². The van der Waals surface area contributed by atoms with Crippen LogP contribution in [0.15, 0.2) is 24.3 Å². The Bertz CT molecular complexity index is 685. The van der Waals surface area contributed by atoms with Crippen molar-refractivity contribution in [2.75, 3.05) is 19.8 Å². The molecular weight excluding hydrogens is 373 g/mol. The molecule has 0 fully saturated rings. The fourth-order valence-corrected chi connectivity index (χ4v) is 1.82. The zero-order valence-corrected chi connectivity index (χ0v) is 16.4. The van der Waals surface area contributed by atoms with Crippen LogP contribution < -0.4 is 5.32 Å². The number of carbonyl (C=O) groups is 3. The van der Waals surface area contributed by atoms with Crippen molar-refractivity contribution in [3.05, 3.63) is 35.6 Å². The molecule has 0 spiro atoms. The Morgan fingerprint density at radius 1 is 1.07 bits per heavy atom. The van der Waals surface area contributed by atoms with Crippen LogP contribution in [-0.4, -0.2) is 48.5 Å². The van der Waals surface area contributed by atoms with Gasteiger partial charge in [-0.25, -0.2) is 9.18 Å². The van der Waals surface area contributed by atoms with Gasteiger partial charge in [-0.3, -0.25) is 9.59 Å². The predicted molar refractivity (Wildman–Crippen MR) is 96.6 cm³/mol. The number of rotatable bonds is 8. The van der Waals surface area contributed by atoms with E-state index in [9.17, 15) is 23.9 Å². The van der Waals surface area contributed by atoms with Gasteiger partial charge in [0.2, 0.25) is 0 Å². The minimum atomic E-state index is -1.48. The molecule has 0 saturated carbocycles. The summed E-state index contributed by atoms with van der Waals surface area (Å²) in [5.41, 5.74) is -1.63. The highest BCUT2D eigenvalue weighted by Crippen LogP contribution is 2.19. The molecule has 1 amide bonds. The number of alkyl carbamates (subject to hydrolysis) is 1. The molecule has 0 bridgehead atoms. The number of carbonyl (C=O) groups excluding carboxylic acids is 3. The van der Waals surface area contributed by atoms with Gasteiger partial charge in [0.1, 0.15) is 36.6 Å². The molecule has 0 aliphatic carbocycles. The number of esters is 2. The molecule has 1 aromatic rings. The summed E-state index contributed by atoms with van der Waals surface area (Å²) in [7, 11) is 0. The van der Waals surface area contributed by atoms with E-state index in [1.54, 1.807) is 20.8 Å². The molecule has 8 nitrogen and oxygen atoms in total. The summed E-state index contributed by atoms with van der Waals surface area (Å²) in [6, 6.07) is 5.38. The quantitative estimate of drug-likeness (QED) is 0.508. The second-order valence-corrected chi connectivity index (χ2v) is 7.44. The maximum absolute atomic E-state index is 12.9. The third kappa shape index (κ3) is 8.34. The van der Waals surface area contributed by atoms with E-state index in [0.717, 1.165) is 0 Å². The Morgan fingerprint density at radius 3 is 2.21 bits per heavy atom. The van der Waals surface area contributed by atoms with Crippen LogP contribution in [0.3, 0.4) is 0 Å². The van der Waals surface area contributed by atoms with Gasteiger partial charge in [0, 0.05) is 0 Å². The van der Waals surface area contributed by atoms with Crippen LogP contribution in [0.5, 0.6) is 0 Å². The number of nitrogens with one attached hydrogen (secondary N) is 1. The van der Waals surface area contributed by atoms with Gasteiger partial charge in [0.05, 0.1) is 6.61 Å². The molecule has 0 heterocycles. The Balaban J connectivity index is 2.47. The second-order valence-electron chi connectivity index (χ2n) is 7.44. The molecule has 0 aromatic heterocycles. The van der Waals surface area contributed by atoms with E-state index in [1.165, 1.54) is 31.2 Å². The Kier molecular flexibility index (Phi) is 8.36. The van der Waals surface area contributed by atoms with Gasteiger partial charge in [0.25, 0.3) is 0 Å². The van der Waals surface area contributed by atoms with Crippen molar-refractivity contribution in [1.29, 1.82) is 0 Å². The number of amides is 1. The summed E-state index contributed by atoms with van der Waals surface area (Å²) < 4.78 is 27.9. The topological polar surface area (TPSA) is 111 Å². The zero-order chi connectivity index (χ0) is 21.4. The van der Waals surface area contributed by atoms with Crippen molar-refractivity contribution >= 4 is 18.0 Å². The number of ether oxygens (including phenoxy) is 3. The first-order valence-corrected chi connectivity index (χ1v) is 8.60. The summed E-state index contributed by atoms with van der Waals surface area (Å²) in [4.78, 5) is 35.5. The van der Waals surface area contributed by atoms with E-state index in [0.29, 0.717) is 5.56 Å². The maximum Gasteiger partial charge on any atom is 0.408 e. The molecule has 2 N–H and O–H groups in total. The third-order valence-corrected chi connectivity index (χ3v) is 3.45. The fraction of sp³-hybridized carbons (Fsp3) is 0.526. The van der Waals surface area contributed by atoms with Gasteiger partial charge in [-0.15, -0.1) is 0 Å². The largest absolute Gasteiger partial charge is 0.463 e. The smallest absolute Gasteiger partial charge is 0.408 e. The van der Waals surface area contributed by atoms with Gasteiger partial charge in [0.15, 0.2) is 0 Å². The van der Waals surface area contributed by atoms with E-state index >= 15 is 0 Å². The van der Waals surface area contributed by atoms with E-state index in [2.05, 4.69) is 5.32 Å². The first kappa shape index (κ1) is 23.4. The van der Waals surface area contributed by atoms with Gasteiger partial charge >= 0.3 is 18.0 Å². The van der Waals surface area contributed by atoms with Crippen molar-refractivity contribution in [1.82, 2.24) is 5.32 Å². The first-order chi connectivity index (χ1) is 12.9. The molecule has 0 aliphatic heterocycles. The molecule has 28 heavy (non-hydrogen) atoms. The molecule has 0 saturated heterocycles. The normalized spacial score (nSPS) is 13.2. The predicted octanol–water partition coefficient (Wildman–Crippen LogP) is 1.94. The molecular formula is C19H26FNO7. The third-order valence-electron chi connectivity index (χ3n) is 3.45. The molecule has 1 atom stereocenters. The summed E-state index contributed by atoms with van der Waals surface area (Å²) in [6.07, 6.45) is -0.784. The Hall–Kier alpha value is -2.68. The van der Waals surface area contributed by atoms with Crippen molar-refractivity contribution in [2.45, 2.75) is 39.9 Å². The number of aliphatic hydroxyl groups excluding tert-OH is 1. The molecule has 1 rings (SSSR count). The van der Waals surface area contributed by atoms with Crippen molar-refractivity contribution in [2.24, 2.45) is 5.41 Å².